The molecule has 4 rings (SSSR count). The Balaban J connectivity index is 1.49. The van der Waals surface area contributed by atoms with Crippen LogP contribution in [0.15, 0.2) is 64.1 Å². The molecule has 0 saturated heterocycles. The maximum atomic E-state index is 13.8. The molecule has 3 N–H and O–H groups in total. The number of hydrogen-bond acceptors (Lipinski definition) is 5. The number of fused-ring (bicyclic) bond motifs is 1. The van der Waals surface area contributed by atoms with Gasteiger partial charge in [-0.05, 0) is 44.0 Å². The average molecular weight is 448 g/mol. The van der Waals surface area contributed by atoms with Gasteiger partial charge in [-0.3, -0.25) is 25.2 Å². The van der Waals surface area contributed by atoms with E-state index in [9.17, 15) is 18.8 Å². The zero-order chi connectivity index (χ0) is 23.4. The number of benzene rings is 2. The van der Waals surface area contributed by atoms with Crippen LogP contribution in [0, 0.1) is 12.7 Å². The van der Waals surface area contributed by atoms with Crippen molar-refractivity contribution in [1.29, 1.82) is 0 Å². The second-order valence-corrected chi connectivity index (χ2v) is 7.46. The number of hydrazone groups is 1. The largest absolute Gasteiger partial charge is 0.455 e. The van der Waals surface area contributed by atoms with Crippen molar-refractivity contribution >= 4 is 23.4 Å². The van der Waals surface area contributed by atoms with Gasteiger partial charge in [0, 0.05) is 23.1 Å². The molecule has 0 bridgehead atoms. The molecular weight excluding hydrogens is 427 g/mol. The van der Waals surface area contributed by atoms with E-state index in [-0.39, 0.29) is 17.2 Å². The van der Waals surface area contributed by atoms with Gasteiger partial charge in [0.1, 0.15) is 11.6 Å². The van der Waals surface area contributed by atoms with Crippen molar-refractivity contribution in [2.75, 3.05) is 0 Å². The summed E-state index contributed by atoms with van der Waals surface area (Å²) in [5.41, 5.74) is 9.09. The molecular formula is C24H21FN4O4. The minimum atomic E-state index is -0.790. The number of aryl methyl sites for hydroxylation is 1. The molecule has 0 unspecified atom stereocenters. The van der Waals surface area contributed by atoms with E-state index in [1.165, 1.54) is 18.2 Å². The molecule has 8 nitrogen and oxygen atoms in total. The highest BCUT2D eigenvalue weighted by molar-refractivity contribution is 6.07. The monoisotopic (exact) mass is 448 g/mol. The van der Waals surface area contributed by atoms with Crippen molar-refractivity contribution in [2.45, 2.75) is 26.2 Å². The van der Waals surface area contributed by atoms with Gasteiger partial charge in [0.25, 0.3) is 11.8 Å². The van der Waals surface area contributed by atoms with Gasteiger partial charge in [-0.15, -0.1) is 0 Å². The summed E-state index contributed by atoms with van der Waals surface area (Å²) in [5.74, 6) is -1.92. The number of hydrogen-bond donors (Lipinski definition) is 3. The second-order valence-electron chi connectivity index (χ2n) is 7.46. The average Bonchev–Trinajstić information content (AvgIpc) is 3.18. The minimum absolute atomic E-state index is 0.0119. The quantitative estimate of drug-likeness (QED) is 0.532. The van der Waals surface area contributed by atoms with E-state index >= 15 is 0 Å². The van der Waals surface area contributed by atoms with E-state index in [0.29, 0.717) is 41.0 Å². The number of rotatable bonds is 4. The van der Waals surface area contributed by atoms with Crippen LogP contribution >= 0.6 is 0 Å². The molecule has 3 aromatic rings. The molecule has 9 heteroatoms. The molecule has 0 fully saturated rings. The molecule has 2 aromatic carbocycles. The van der Waals surface area contributed by atoms with Crippen LogP contribution in [-0.2, 0) is 6.42 Å². The summed E-state index contributed by atoms with van der Waals surface area (Å²) in [5, 5.41) is 4.27. The van der Waals surface area contributed by atoms with E-state index in [0.717, 1.165) is 12.5 Å². The van der Waals surface area contributed by atoms with Gasteiger partial charge in [-0.2, -0.15) is 5.10 Å². The van der Waals surface area contributed by atoms with Crippen molar-refractivity contribution in [3.05, 3.63) is 94.2 Å². The predicted octanol–water partition coefficient (Wildman–Crippen LogP) is 3.27. The Kier molecular flexibility index (Phi) is 6.30. The van der Waals surface area contributed by atoms with Crippen molar-refractivity contribution in [3.63, 3.8) is 0 Å². The maximum Gasteiger partial charge on any atom is 0.305 e. The summed E-state index contributed by atoms with van der Waals surface area (Å²) in [4.78, 5) is 37.1. The van der Waals surface area contributed by atoms with E-state index in [4.69, 9.17) is 4.42 Å². The van der Waals surface area contributed by atoms with Crippen LogP contribution < -0.4 is 16.3 Å². The molecule has 168 valence electrons. The topological polar surface area (TPSA) is 113 Å². The lowest BCUT2D eigenvalue weighted by Gasteiger charge is -2.13. The molecule has 3 amide bonds. The molecule has 0 aliphatic heterocycles. The molecule has 1 aliphatic rings. The first-order chi connectivity index (χ1) is 16.0. The number of carbonyl (C=O) groups excluding carboxylic acids is 3. The Bertz CT molecular complexity index is 1250. The molecule has 0 atom stereocenters. The molecule has 1 aromatic heterocycles. The fraction of sp³-hybridized carbons (Fsp3) is 0.167. The molecule has 0 saturated carbocycles. The Morgan fingerprint density at radius 3 is 2.36 bits per heavy atom. The Morgan fingerprint density at radius 2 is 1.61 bits per heavy atom. The van der Waals surface area contributed by atoms with Gasteiger partial charge in [0.2, 0.25) is 0 Å². The summed E-state index contributed by atoms with van der Waals surface area (Å²) in [7, 11) is 0. The third kappa shape index (κ3) is 4.67. The SMILES string of the molecule is Cc1c(C(=O)NNC(=O)c2ccccc2F)oc2c1/C(=N/NC(=O)c1ccccc1)CCC2. The molecule has 1 heterocycles. The lowest BCUT2D eigenvalue weighted by Crippen LogP contribution is -2.42. The summed E-state index contributed by atoms with van der Waals surface area (Å²) in [6, 6.07) is 14.1. The number of furan rings is 1. The van der Waals surface area contributed by atoms with Crippen LogP contribution in [-0.4, -0.2) is 23.4 Å². The van der Waals surface area contributed by atoms with Gasteiger partial charge >= 0.3 is 5.91 Å². The van der Waals surface area contributed by atoms with E-state index in [2.05, 4.69) is 21.4 Å². The van der Waals surface area contributed by atoms with Crippen LogP contribution in [0.25, 0.3) is 0 Å². The molecule has 0 radical (unpaired) electrons. The third-order valence-corrected chi connectivity index (χ3v) is 5.27. The Morgan fingerprint density at radius 1 is 0.909 bits per heavy atom. The summed E-state index contributed by atoms with van der Waals surface area (Å²) in [6.07, 6.45) is 1.95. The van der Waals surface area contributed by atoms with E-state index < -0.39 is 17.6 Å². The summed E-state index contributed by atoms with van der Waals surface area (Å²) >= 11 is 0. The lowest BCUT2D eigenvalue weighted by molar-refractivity contribution is 0.0827. The first-order valence-corrected chi connectivity index (χ1v) is 10.4. The normalized spacial score (nSPS) is 13.8. The van der Waals surface area contributed by atoms with Crippen LogP contribution in [0.5, 0.6) is 0 Å². The highest BCUT2D eigenvalue weighted by atomic mass is 19.1. The van der Waals surface area contributed by atoms with E-state index in [1.807, 2.05) is 6.07 Å². The highest BCUT2D eigenvalue weighted by Crippen LogP contribution is 2.29. The first-order valence-electron chi connectivity index (χ1n) is 10.4. The van der Waals surface area contributed by atoms with Crippen LogP contribution in [0.4, 0.5) is 4.39 Å². The van der Waals surface area contributed by atoms with Crippen LogP contribution in [0.1, 0.15) is 61.0 Å². The van der Waals surface area contributed by atoms with Gasteiger partial charge in [0.15, 0.2) is 5.76 Å². The Hall–Kier alpha value is -4.27. The number of carbonyl (C=O) groups is 3. The van der Waals surface area contributed by atoms with E-state index in [1.54, 1.807) is 31.2 Å². The van der Waals surface area contributed by atoms with Gasteiger partial charge < -0.3 is 4.42 Å². The number of nitrogens with one attached hydrogen (secondary N) is 3. The first kappa shape index (κ1) is 21.9. The smallest absolute Gasteiger partial charge is 0.305 e. The fourth-order valence-electron chi connectivity index (χ4n) is 3.65. The maximum absolute atomic E-state index is 13.8. The van der Waals surface area contributed by atoms with Crippen molar-refractivity contribution in [2.24, 2.45) is 5.10 Å². The van der Waals surface area contributed by atoms with Gasteiger partial charge in [0.05, 0.1) is 11.3 Å². The standard InChI is InChI=1S/C24H21FN4O4/c1-14-20-18(26-27-22(30)15-8-3-2-4-9-15)12-7-13-19(20)33-21(14)24(32)29-28-23(31)16-10-5-6-11-17(16)25/h2-6,8-11H,7,12-13H2,1H3,(H,27,30)(H,28,31)(H,29,32)/b26-18+. The summed E-state index contributed by atoms with van der Waals surface area (Å²) < 4.78 is 19.5. The summed E-state index contributed by atoms with van der Waals surface area (Å²) in [6.45, 7) is 1.70. The van der Waals surface area contributed by atoms with Gasteiger partial charge in [-0.1, -0.05) is 30.3 Å². The number of hydrazine groups is 1. The second kappa shape index (κ2) is 9.47. The highest BCUT2D eigenvalue weighted by Gasteiger charge is 2.28. The molecule has 1 aliphatic carbocycles. The zero-order valence-corrected chi connectivity index (χ0v) is 17.8. The molecule has 33 heavy (non-hydrogen) atoms. The van der Waals surface area contributed by atoms with Crippen LogP contribution in [0.2, 0.25) is 0 Å². The van der Waals surface area contributed by atoms with Crippen molar-refractivity contribution in [1.82, 2.24) is 16.3 Å². The predicted molar refractivity (Wildman–Crippen MR) is 118 cm³/mol. The zero-order valence-electron chi connectivity index (χ0n) is 17.8. The third-order valence-electron chi connectivity index (χ3n) is 5.27. The van der Waals surface area contributed by atoms with Crippen molar-refractivity contribution in [3.8, 4) is 0 Å². The van der Waals surface area contributed by atoms with Crippen LogP contribution in [0.3, 0.4) is 0 Å². The minimum Gasteiger partial charge on any atom is -0.455 e. The number of nitrogens with zero attached hydrogens (tertiary/aromatic N) is 1. The molecule has 0 spiro atoms. The fourth-order valence-corrected chi connectivity index (χ4v) is 3.65. The lowest BCUT2D eigenvalue weighted by atomic mass is 9.93. The Labute approximate surface area is 188 Å². The van der Waals surface area contributed by atoms with Gasteiger partial charge in [-0.25, -0.2) is 9.82 Å². The number of halogens is 1. The van der Waals surface area contributed by atoms with Crippen molar-refractivity contribution < 1.29 is 23.2 Å². The number of amides is 3.